The first-order valence-corrected chi connectivity index (χ1v) is 9.07. The van der Waals surface area contributed by atoms with Crippen molar-refractivity contribution in [3.05, 3.63) is 46.0 Å². The molecule has 1 aliphatic rings. The zero-order chi connectivity index (χ0) is 19.6. The van der Waals surface area contributed by atoms with Gasteiger partial charge in [0.15, 0.2) is 0 Å². The predicted molar refractivity (Wildman–Crippen MR) is 101 cm³/mol. The molecule has 0 saturated carbocycles. The van der Waals surface area contributed by atoms with Crippen LogP contribution in [0.2, 0.25) is 0 Å². The number of nitro benzene ring substituents is 1. The van der Waals surface area contributed by atoms with Crippen LogP contribution in [0.1, 0.15) is 54.8 Å². The van der Waals surface area contributed by atoms with Crippen LogP contribution in [-0.4, -0.2) is 45.7 Å². The number of rotatable bonds is 5. The molecule has 0 unspecified atom stereocenters. The molecule has 1 aromatic heterocycles. The molecule has 1 aliphatic heterocycles. The molecule has 9 nitrogen and oxygen atoms in total. The van der Waals surface area contributed by atoms with Crippen LogP contribution in [0.5, 0.6) is 0 Å². The topological polar surface area (TPSA) is 106 Å². The van der Waals surface area contributed by atoms with Crippen LogP contribution in [-0.2, 0) is 0 Å². The Morgan fingerprint density at radius 3 is 2.85 bits per heavy atom. The van der Waals surface area contributed by atoms with Crippen LogP contribution in [0.15, 0.2) is 24.5 Å². The molecule has 9 heteroatoms. The maximum Gasteiger partial charge on any atom is 0.293 e. The number of nitrogens with zero attached hydrogens (tertiary/aromatic N) is 5. The zero-order valence-corrected chi connectivity index (χ0v) is 15.8. The smallest absolute Gasteiger partial charge is 0.293 e. The number of hydrogen-bond donors (Lipinski definition) is 1. The third-order valence-corrected chi connectivity index (χ3v) is 4.95. The highest BCUT2D eigenvalue weighted by atomic mass is 16.6. The summed E-state index contributed by atoms with van der Waals surface area (Å²) in [5.41, 5.74) is 0.760. The summed E-state index contributed by atoms with van der Waals surface area (Å²) in [7, 11) is 1.50. The van der Waals surface area contributed by atoms with Crippen LogP contribution >= 0.6 is 0 Å². The summed E-state index contributed by atoms with van der Waals surface area (Å²) in [6, 6.07) is 4.89. The van der Waals surface area contributed by atoms with E-state index >= 15 is 0 Å². The molecule has 1 fully saturated rings. The molecule has 1 atom stereocenters. The van der Waals surface area contributed by atoms with E-state index in [1.807, 2.05) is 4.90 Å². The molecular formula is C18H24N6O3. The first kappa shape index (κ1) is 18.8. The molecule has 144 valence electrons. The number of carbonyl (C=O) groups excluding carboxylic acids is 1. The minimum Gasteiger partial charge on any atom is -0.365 e. The van der Waals surface area contributed by atoms with Crippen molar-refractivity contribution in [1.29, 1.82) is 0 Å². The number of benzene rings is 1. The van der Waals surface area contributed by atoms with E-state index in [2.05, 4.69) is 33.9 Å². The molecule has 1 N–H and O–H groups in total. The maximum atomic E-state index is 11.8. The fourth-order valence-electron chi connectivity index (χ4n) is 3.57. The Morgan fingerprint density at radius 1 is 1.41 bits per heavy atom. The van der Waals surface area contributed by atoms with E-state index in [1.165, 1.54) is 13.1 Å². The standard InChI is InChI=1S/C18H24N6O3/c1-12(2)23-11-20-21-17(23)14-5-4-8-22(10-14)15-7-6-13(18(25)19-3)9-16(15)24(26)27/h6-7,9,11-12,14H,4-5,8,10H2,1-3H3,(H,19,25)/t14-/m0/s1. The average molecular weight is 372 g/mol. The third-order valence-electron chi connectivity index (χ3n) is 4.95. The highest BCUT2D eigenvalue weighted by Crippen LogP contribution is 2.35. The highest BCUT2D eigenvalue weighted by molar-refractivity contribution is 5.95. The molecule has 1 amide bonds. The molecule has 2 heterocycles. The van der Waals surface area contributed by atoms with Gasteiger partial charge in [0.25, 0.3) is 11.6 Å². The SMILES string of the molecule is CNC(=O)c1ccc(N2CCC[C@H](c3nncn3C(C)C)C2)c([N+](=O)[O-])c1. The Kier molecular flexibility index (Phi) is 5.38. The van der Waals surface area contributed by atoms with Gasteiger partial charge in [-0.25, -0.2) is 0 Å². The van der Waals surface area contributed by atoms with Crippen molar-refractivity contribution in [2.75, 3.05) is 25.0 Å². The molecule has 2 aromatic rings. The normalized spacial score (nSPS) is 17.2. The van der Waals surface area contributed by atoms with Crippen LogP contribution in [0.25, 0.3) is 0 Å². The van der Waals surface area contributed by atoms with Crippen molar-refractivity contribution in [3.63, 3.8) is 0 Å². The lowest BCUT2D eigenvalue weighted by Gasteiger charge is -2.34. The summed E-state index contributed by atoms with van der Waals surface area (Å²) < 4.78 is 2.05. The molecule has 3 rings (SSSR count). The van der Waals surface area contributed by atoms with Crippen molar-refractivity contribution >= 4 is 17.3 Å². The van der Waals surface area contributed by atoms with Crippen LogP contribution in [0, 0.1) is 10.1 Å². The first-order valence-electron chi connectivity index (χ1n) is 9.07. The van der Waals surface area contributed by atoms with Gasteiger partial charge in [-0.2, -0.15) is 0 Å². The van der Waals surface area contributed by atoms with Gasteiger partial charge in [0.05, 0.1) is 4.92 Å². The van der Waals surface area contributed by atoms with E-state index < -0.39 is 4.92 Å². The molecule has 0 radical (unpaired) electrons. The maximum absolute atomic E-state index is 11.8. The minimum atomic E-state index is -0.429. The number of amides is 1. The van der Waals surface area contributed by atoms with Gasteiger partial charge in [-0.3, -0.25) is 14.9 Å². The minimum absolute atomic E-state index is 0.0536. The number of anilines is 1. The summed E-state index contributed by atoms with van der Waals surface area (Å²) in [6.45, 7) is 5.52. The van der Waals surface area contributed by atoms with Crippen molar-refractivity contribution in [3.8, 4) is 0 Å². The molecule has 0 bridgehead atoms. The van der Waals surface area contributed by atoms with E-state index in [4.69, 9.17) is 0 Å². The second-order valence-corrected chi connectivity index (χ2v) is 7.02. The number of aromatic nitrogens is 3. The Hall–Kier alpha value is -2.97. The lowest BCUT2D eigenvalue weighted by Crippen LogP contribution is -2.36. The lowest BCUT2D eigenvalue weighted by atomic mass is 9.96. The molecule has 0 spiro atoms. The van der Waals surface area contributed by atoms with E-state index in [0.29, 0.717) is 12.2 Å². The van der Waals surface area contributed by atoms with Gasteiger partial charge < -0.3 is 14.8 Å². The molecular weight excluding hydrogens is 348 g/mol. The largest absolute Gasteiger partial charge is 0.365 e. The van der Waals surface area contributed by atoms with Gasteiger partial charge in [0, 0.05) is 43.7 Å². The van der Waals surface area contributed by atoms with E-state index in [1.54, 1.807) is 18.5 Å². The summed E-state index contributed by atoms with van der Waals surface area (Å²) in [5.74, 6) is 0.729. The Morgan fingerprint density at radius 2 is 2.19 bits per heavy atom. The third kappa shape index (κ3) is 3.76. The second kappa shape index (κ2) is 7.73. The van der Waals surface area contributed by atoms with E-state index in [9.17, 15) is 14.9 Å². The summed E-state index contributed by atoms with van der Waals surface area (Å²) in [4.78, 5) is 25.0. The van der Waals surface area contributed by atoms with Crippen molar-refractivity contribution in [1.82, 2.24) is 20.1 Å². The highest BCUT2D eigenvalue weighted by Gasteiger charge is 2.29. The molecule has 0 aliphatic carbocycles. The molecule has 27 heavy (non-hydrogen) atoms. The van der Waals surface area contributed by atoms with Crippen molar-refractivity contribution in [2.45, 2.75) is 38.6 Å². The van der Waals surface area contributed by atoms with Gasteiger partial charge in [0.2, 0.25) is 0 Å². The number of carbonyl (C=O) groups is 1. The van der Waals surface area contributed by atoms with E-state index in [-0.39, 0.29) is 29.1 Å². The van der Waals surface area contributed by atoms with Crippen LogP contribution < -0.4 is 10.2 Å². The Labute approximate surface area is 157 Å². The second-order valence-electron chi connectivity index (χ2n) is 7.02. The number of nitrogens with one attached hydrogen (secondary N) is 1. The van der Waals surface area contributed by atoms with E-state index in [0.717, 1.165) is 25.2 Å². The number of nitro groups is 1. The predicted octanol–water partition coefficient (Wildman–Crippen LogP) is 2.51. The Bertz CT molecular complexity index is 847. The zero-order valence-electron chi connectivity index (χ0n) is 15.8. The van der Waals surface area contributed by atoms with Gasteiger partial charge >= 0.3 is 0 Å². The summed E-state index contributed by atoms with van der Waals surface area (Å²) in [6.07, 6.45) is 3.61. The lowest BCUT2D eigenvalue weighted by molar-refractivity contribution is -0.384. The fraction of sp³-hybridized carbons (Fsp3) is 0.500. The quantitative estimate of drug-likeness (QED) is 0.638. The van der Waals surface area contributed by atoms with Gasteiger partial charge in [-0.1, -0.05) is 0 Å². The molecule has 1 aromatic carbocycles. The average Bonchev–Trinajstić information content (AvgIpc) is 3.17. The fourth-order valence-corrected chi connectivity index (χ4v) is 3.57. The number of hydrogen-bond acceptors (Lipinski definition) is 6. The van der Waals surface area contributed by atoms with Crippen LogP contribution in [0.4, 0.5) is 11.4 Å². The van der Waals surface area contributed by atoms with Crippen molar-refractivity contribution < 1.29 is 9.72 Å². The Balaban J connectivity index is 1.91. The summed E-state index contributed by atoms with van der Waals surface area (Å²) >= 11 is 0. The van der Waals surface area contributed by atoms with Gasteiger partial charge in [0.1, 0.15) is 17.8 Å². The van der Waals surface area contributed by atoms with Gasteiger partial charge in [-0.15, -0.1) is 10.2 Å². The molecule has 1 saturated heterocycles. The monoisotopic (exact) mass is 372 g/mol. The van der Waals surface area contributed by atoms with Gasteiger partial charge in [-0.05, 0) is 38.8 Å². The number of piperidine rings is 1. The van der Waals surface area contributed by atoms with Crippen molar-refractivity contribution in [2.24, 2.45) is 0 Å². The van der Waals surface area contributed by atoms with Crippen LogP contribution in [0.3, 0.4) is 0 Å². The first-order chi connectivity index (χ1) is 12.9. The summed E-state index contributed by atoms with van der Waals surface area (Å²) in [5, 5.41) is 22.4.